The number of nitrogens with zero attached hydrogens (tertiary/aromatic N) is 2. The lowest BCUT2D eigenvalue weighted by atomic mass is 10.2. The van der Waals surface area contributed by atoms with Crippen molar-refractivity contribution in [2.45, 2.75) is 17.8 Å². The van der Waals surface area contributed by atoms with Crippen LogP contribution in [0.2, 0.25) is 0 Å². The van der Waals surface area contributed by atoms with Gasteiger partial charge in [0.05, 0.1) is 11.7 Å². The lowest BCUT2D eigenvalue weighted by Gasteiger charge is -2.07. The van der Waals surface area contributed by atoms with Crippen LogP contribution < -0.4 is 0 Å². The summed E-state index contributed by atoms with van der Waals surface area (Å²) in [7, 11) is 0. The third kappa shape index (κ3) is 2.62. The summed E-state index contributed by atoms with van der Waals surface area (Å²) in [5, 5.41) is 0.504. The van der Waals surface area contributed by atoms with Crippen LogP contribution in [-0.4, -0.2) is 19.5 Å². The van der Waals surface area contributed by atoms with Gasteiger partial charge < -0.3 is 4.55 Å². The number of imidazole rings is 1. The number of nitrogens with one attached hydrogen (secondary N) is 1. The summed E-state index contributed by atoms with van der Waals surface area (Å²) >= 11 is -1.17. The van der Waals surface area contributed by atoms with E-state index in [1.165, 1.54) is 5.56 Å². The molecule has 0 radical (unpaired) electrons. The first-order valence-electron chi connectivity index (χ1n) is 5.96. The molecule has 0 bridgehead atoms. The van der Waals surface area contributed by atoms with E-state index in [-0.39, 0.29) is 0 Å². The second-order valence-electron chi connectivity index (χ2n) is 4.41. The lowest BCUT2D eigenvalue weighted by molar-refractivity contribution is 0.587. The summed E-state index contributed by atoms with van der Waals surface area (Å²) in [5.74, 6) is 0.467. The molecule has 0 saturated carbocycles. The molecule has 0 fully saturated rings. The van der Waals surface area contributed by atoms with Crippen LogP contribution in [0.4, 0.5) is 0 Å². The highest BCUT2D eigenvalue weighted by molar-refractivity contribution is 7.90. The number of pyridine rings is 1. The van der Waals surface area contributed by atoms with E-state index < -0.39 is 11.2 Å². The smallest absolute Gasteiger partial charge is 0.322 e. The number of aromatic nitrogens is 3. The normalized spacial score (nSPS) is 12.7. The zero-order chi connectivity index (χ0) is 13.2. The largest absolute Gasteiger partial charge is 0.609 e. The summed E-state index contributed by atoms with van der Waals surface area (Å²) in [6, 6.07) is 9.86. The third-order valence-corrected chi connectivity index (χ3v) is 4.08. The summed E-state index contributed by atoms with van der Waals surface area (Å²) < 4.78 is 12.3. The van der Waals surface area contributed by atoms with Crippen LogP contribution >= 0.6 is 0 Å². The highest BCUT2D eigenvalue weighted by atomic mass is 32.2. The van der Waals surface area contributed by atoms with Gasteiger partial charge in [-0.1, -0.05) is 29.8 Å². The number of aromatic amines is 1. The van der Waals surface area contributed by atoms with E-state index in [0.717, 1.165) is 16.6 Å². The molecule has 3 rings (SSSR count). The molecule has 2 aromatic heterocycles. The molecule has 19 heavy (non-hydrogen) atoms. The zero-order valence-corrected chi connectivity index (χ0v) is 11.3. The van der Waals surface area contributed by atoms with Gasteiger partial charge in [0.1, 0.15) is 11.3 Å². The molecule has 0 aliphatic heterocycles. The first-order valence-corrected chi connectivity index (χ1v) is 7.28. The molecule has 2 heterocycles. The molecule has 0 spiro atoms. The molecule has 0 saturated heterocycles. The Morgan fingerprint density at radius 2 is 2.21 bits per heavy atom. The van der Waals surface area contributed by atoms with Crippen molar-refractivity contribution >= 4 is 22.2 Å². The van der Waals surface area contributed by atoms with Crippen LogP contribution in [0, 0.1) is 6.92 Å². The van der Waals surface area contributed by atoms with Gasteiger partial charge in [-0.2, -0.15) is 4.98 Å². The molecule has 1 atom stereocenters. The first kappa shape index (κ1) is 12.2. The Balaban J connectivity index is 1.85. The van der Waals surface area contributed by atoms with Crippen LogP contribution in [-0.2, 0) is 16.9 Å². The highest BCUT2D eigenvalue weighted by Gasteiger charge is 2.17. The van der Waals surface area contributed by atoms with Gasteiger partial charge in [-0.25, -0.2) is 0 Å². The Labute approximate surface area is 114 Å². The van der Waals surface area contributed by atoms with Gasteiger partial charge >= 0.3 is 5.16 Å². The van der Waals surface area contributed by atoms with Crippen molar-refractivity contribution in [2.75, 3.05) is 0 Å². The molecule has 4 nitrogen and oxygen atoms in total. The standard InChI is InChI=1S/C14H13N3OS/c1-10-3-2-4-11(7-10)9-19(18)14-16-12-5-6-15-8-13(12)17-14/h2-8H,9H2,1H3,(H,16,17). The summed E-state index contributed by atoms with van der Waals surface area (Å²) in [6.45, 7) is 2.03. The Kier molecular flexibility index (Phi) is 3.23. The molecule has 1 N–H and O–H groups in total. The number of fused-ring (bicyclic) bond motifs is 1. The average Bonchev–Trinajstić information content (AvgIpc) is 2.82. The van der Waals surface area contributed by atoms with Gasteiger partial charge in [0.2, 0.25) is 0 Å². The maximum absolute atomic E-state index is 12.3. The van der Waals surface area contributed by atoms with Crippen molar-refractivity contribution in [1.29, 1.82) is 0 Å². The van der Waals surface area contributed by atoms with Crippen molar-refractivity contribution in [3.8, 4) is 0 Å². The lowest BCUT2D eigenvalue weighted by Crippen LogP contribution is -2.07. The fourth-order valence-corrected chi connectivity index (χ4v) is 3.01. The Morgan fingerprint density at radius 3 is 3.00 bits per heavy atom. The van der Waals surface area contributed by atoms with Crippen molar-refractivity contribution in [1.82, 2.24) is 15.0 Å². The van der Waals surface area contributed by atoms with E-state index in [2.05, 4.69) is 15.0 Å². The maximum Gasteiger partial charge on any atom is 0.322 e. The Hall–Kier alpha value is -1.85. The van der Waals surface area contributed by atoms with Crippen LogP contribution in [0.5, 0.6) is 0 Å². The molecule has 1 unspecified atom stereocenters. The van der Waals surface area contributed by atoms with Gasteiger partial charge in [0, 0.05) is 22.9 Å². The minimum absolute atomic E-state index is 0.467. The van der Waals surface area contributed by atoms with Crippen LogP contribution in [0.25, 0.3) is 11.0 Å². The molecular weight excluding hydrogens is 258 g/mol. The summed E-state index contributed by atoms with van der Waals surface area (Å²) in [4.78, 5) is 11.4. The average molecular weight is 271 g/mol. The van der Waals surface area contributed by atoms with E-state index in [1.807, 2.05) is 37.3 Å². The van der Waals surface area contributed by atoms with Gasteiger partial charge in [-0.05, 0) is 13.0 Å². The third-order valence-electron chi connectivity index (χ3n) is 2.86. The van der Waals surface area contributed by atoms with Gasteiger partial charge in [-0.3, -0.25) is 9.97 Å². The second kappa shape index (κ2) is 5.03. The molecule has 5 heteroatoms. The van der Waals surface area contributed by atoms with Gasteiger partial charge in [-0.15, -0.1) is 0 Å². The molecule has 0 aliphatic carbocycles. The zero-order valence-electron chi connectivity index (χ0n) is 10.5. The monoisotopic (exact) mass is 271 g/mol. The van der Waals surface area contributed by atoms with E-state index in [4.69, 9.17) is 0 Å². The quantitative estimate of drug-likeness (QED) is 0.745. The molecule has 1 aromatic carbocycles. The van der Waals surface area contributed by atoms with E-state index >= 15 is 0 Å². The SMILES string of the molecule is Cc1cccc(C[S+]([O-])c2nc3cnccc3[nH]2)c1. The van der Waals surface area contributed by atoms with Crippen LogP contribution in [0.1, 0.15) is 11.1 Å². The molecule has 96 valence electrons. The maximum atomic E-state index is 12.3. The minimum atomic E-state index is -1.17. The summed E-state index contributed by atoms with van der Waals surface area (Å²) in [5.41, 5.74) is 3.83. The number of aryl methyl sites for hydroxylation is 1. The van der Waals surface area contributed by atoms with E-state index in [9.17, 15) is 4.55 Å². The predicted molar refractivity (Wildman–Crippen MR) is 75.2 cm³/mol. The first-order chi connectivity index (χ1) is 9.22. The minimum Gasteiger partial charge on any atom is -0.609 e. The van der Waals surface area contributed by atoms with Gasteiger partial charge in [0.15, 0.2) is 0 Å². The number of hydrogen-bond donors (Lipinski definition) is 1. The Morgan fingerprint density at radius 1 is 1.32 bits per heavy atom. The van der Waals surface area contributed by atoms with E-state index in [1.54, 1.807) is 12.4 Å². The molecule has 3 aromatic rings. The summed E-state index contributed by atoms with van der Waals surface area (Å²) in [6.07, 6.45) is 3.35. The number of rotatable bonds is 3. The van der Waals surface area contributed by atoms with Crippen LogP contribution in [0.3, 0.4) is 0 Å². The van der Waals surface area contributed by atoms with E-state index in [0.29, 0.717) is 10.9 Å². The van der Waals surface area contributed by atoms with Crippen molar-refractivity contribution in [3.63, 3.8) is 0 Å². The highest BCUT2D eigenvalue weighted by Crippen LogP contribution is 2.17. The van der Waals surface area contributed by atoms with Crippen molar-refractivity contribution in [3.05, 3.63) is 53.9 Å². The predicted octanol–water partition coefficient (Wildman–Crippen LogP) is 2.57. The van der Waals surface area contributed by atoms with Crippen molar-refractivity contribution in [2.24, 2.45) is 0 Å². The topological polar surface area (TPSA) is 64.6 Å². The fraction of sp³-hybridized carbons (Fsp3) is 0.143. The van der Waals surface area contributed by atoms with Gasteiger partial charge in [0.25, 0.3) is 0 Å². The fourth-order valence-electron chi connectivity index (χ4n) is 1.96. The molecule has 0 aliphatic rings. The number of H-pyrrole nitrogens is 1. The van der Waals surface area contributed by atoms with Crippen molar-refractivity contribution < 1.29 is 4.55 Å². The molecule has 0 amide bonds. The molecular formula is C14H13N3OS. The second-order valence-corrected chi connectivity index (χ2v) is 5.78. The number of benzene rings is 1. The van der Waals surface area contributed by atoms with Crippen LogP contribution in [0.15, 0.2) is 47.9 Å². The number of hydrogen-bond acceptors (Lipinski definition) is 3. The Bertz CT molecular complexity index is 677.